The number of nitrogens with zero attached hydrogens (tertiary/aromatic N) is 2. The average Bonchev–Trinajstić information content (AvgIpc) is 2.76. The Kier molecular flexibility index (Phi) is 2.96. The molecule has 88 valence electrons. The molecule has 0 aliphatic carbocycles. The minimum Gasteiger partial charge on any atom is -0.396 e. The molecule has 1 amide bonds. The molecule has 2 rings (SSSR count). The summed E-state index contributed by atoms with van der Waals surface area (Å²) in [5.74, 6) is -2.54. The molecule has 0 bridgehead atoms. The molecular formula is C9H6F2N4OS. The largest absolute Gasteiger partial charge is 0.396 e. The van der Waals surface area contributed by atoms with Crippen molar-refractivity contribution in [3.8, 4) is 0 Å². The number of nitrogen functional groups attached to an aromatic ring is 1. The zero-order valence-corrected chi connectivity index (χ0v) is 9.09. The van der Waals surface area contributed by atoms with Crippen LogP contribution in [0.15, 0.2) is 18.3 Å². The van der Waals surface area contributed by atoms with Gasteiger partial charge in [-0.05, 0) is 12.1 Å². The molecule has 3 N–H and O–H groups in total. The van der Waals surface area contributed by atoms with Crippen molar-refractivity contribution in [3.05, 3.63) is 35.5 Å². The number of amides is 1. The standard InChI is InChI=1S/C9H6F2N4OS/c10-4-1-5(8(11)6(12)2-4)9(16)14-7-3-13-15-17-7/h1-3H,12H2,(H,14,16). The molecule has 8 heteroatoms. The molecule has 1 aromatic carbocycles. The molecule has 5 nitrogen and oxygen atoms in total. The second-order valence-electron chi connectivity index (χ2n) is 3.09. The molecule has 1 aromatic heterocycles. The van der Waals surface area contributed by atoms with Crippen molar-refractivity contribution < 1.29 is 13.6 Å². The van der Waals surface area contributed by atoms with Gasteiger partial charge in [0.2, 0.25) is 0 Å². The van der Waals surface area contributed by atoms with Crippen LogP contribution in [-0.4, -0.2) is 15.5 Å². The predicted octanol–water partition coefficient (Wildman–Crippen LogP) is 1.65. The van der Waals surface area contributed by atoms with E-state index in [-0.39, 0.29) is 0 Å². The van der Waals surface area contributed by atoms with Crippen LogP contribution in [0.2, 0.25) is 0 Å². The second kappa shape index (κ2) is 4.42. The number of benzene rings is 1. The van der Waals surface area contributed by atoms with Crippen molar-refractivity contribution in [3.63, 3.8) is 0 Å². The summed E-state index contributed by atoms with van der Waals surface area (Å²) in [6.07, 6.45) is 1.29. The Hall–Kier alpha value is -2.09. The number of nitrogens with two attached hydrogens (primary N) is 1. The number of halogens is 2. The molecule has 0 radical (unpaired) electrons. The number of hydrogen-bond donors (Lipinski definition) is 2. The number of carbonyl (C=O) groups excluding carboxylic acids is 1. The molecule has 0 aliphatic heterocycles. The number of aromatic nitrogens is 2. The van der Waals surface area contributed by atoms with Crippen molar-refractivity contribution in [2.24, 2.45) is 0 Å². The summed E-state index contributed by atoms with van der Waals surface area (Å²) in [7, 11) is 0. The third kappa shape index (κ3) is 2.36. The van der Waals surface area contributed by atoms with Gasteiger partial charge in [0.1, 0.15) is 10.8 Å². The van der Waals surface area contributed by atoms with E-state index in [1.165, 1.54) is 6.20 Å². The first-order chi connectivity index (χ1) is 8.08. The van der Waals surface area contributed by atoms with E-state index in [0.717, 1.165) is 23.7 Å². The molecule has 0 saturated heterocycles. The maximum absolute atomic E-state index is 13.5. The van der Waals surface area contributed by atoms with Crippen molar-refractivity contribution >= 4 is 28.1 Å². The molecule has 0 unspecified atom stereocenters. The lowest BCUT2D eigenvalue weighted by atomic mass is 10.1. The normalized spacial score (nSPS) is 10.2. The molecule has 1 heterocycles. The molecule has 0 atom stereocenters. The van der Waals surface area contributed by atoms with Crippen LogP contribution in [-0.2, 0) is 0 Å². The summed E-state index contributed by atoms with van der Waals surface area (Å²) >= 11 is 0.920. The fraction of sp³-hybridized carbons (Fsp3) is 0. The maximum atomic E-state index is 13.5. The van der Waals surface area contributed by atoms with E-state index in [1.54, 1.807) is 0 Å². The monoisotopic (exact) mass is 256 g/mol. The first-order valence-corrected chi connectivity index (χ1v) is 5.18. The minimum absolute atomic E-state index is 0.331. The summed E-state index contributed by atoms with van der Waals surface area (Å²) in [5.41, 5.74) is 4.33. The van der Waals surface area contributed by atoms with Crippen LogP contribution in [0.5, 0.6) is 0 Å². The quantitative estimate of drug-likeness (QED) is 0.800. The summed E-state index contributed by atoms with van der Waals surface area (Å²) in [5, 5.41) is 6.14. The van der Waals surface area contributed by atoms with E-state index in [1.807, 2.05) is 0 Å². The Labute approximate surface area is 98.4 Å². The van der Waals surface area contributed by atoms with Gasteiger partial charge in [0.15, 0.2) is 5.82 Å². The summed E-state index contributed by atoms with van der Waals surface area (Å²) in [6.45, 7) is 0. The fourth-order valence-corrected chi connectivity index (χ4v) is 1.59. The highest BCUT2D eigenvalue weighted by Gasteiger charge is 2.16. The molecule has 0 spiro atoms. The van der Waals surface area contributed by atoms with Gasteiger partial charge in [-0.25, -0.2) is 8.78 Å². The predicted molar refractivity (Wildman–Crippen MR) is 58.6 cm³/mol. The van der Waals surface area contributed by atoms with Crippen LogP contribution in [0.1, 0.15) is 10.4 Å². The third-order valence-corrected chi connectivity index (χ3v) is 2.49. The smallest absolute Gasteiger partial charge is 0.259 e. The van der Waals surface area contributed by atoms with Crippen molar-refractivity contribution in [2.75, 3.05) is 11.1 Å². The van der Waals surface area contributed by atoms with E-state index in [0.29, 0.717) is 5.00 Å². The van der Waals surface area contributed by atoms with Crippen LogP contribution in [0.3, 0.4) is 0 Å². The van der Waals surface area contributed by atoms with Gasteiger partial charge in [-0.1, -0.05) is 4.49 Å². The maximum Gasteiger partial charge on any atom is 0.259 e. The summed E-state index contributed by atoms with van der Waals surface area (Å²) < 4.78 is 30.0. The van der Waals surface area contributed by atoms with Crippen molar-refractivity contribution in [2.45, 2.75) is 0 Å². The highest BCUT2D eigenvalue weighted by atomic mass is 32.1. The lowest BCUT2D eigenvalue weighted by molar-refractivity contribution is 0.102. The Morgan fingerprint density at radius 3 is 2.82 bits per heavy atom. The molecule has 0 aliphatic rings. The minimum atomic E-state index is -0.957. The number of carbonyl (C=O) groups is 1. The molecular weight excluding hydrogens is 250 g/mol. The Morgan fingerprint density at radius 1 is 1.41 bits per heavy atom. The Bertz CT molecular complexity index is 558. The SMILES string of the molecule is Nc1cc(F)cc(C(=O)Nc2cnns2)c1F. The molecule has 0 saturated carbocycles. The van der Waals surface area contributed by atoms with Gasteiger partial charge in [-0.3, -0.25) is 4.79 Å². The van der Waals surface area contributed by atoms with E-state index < -0.39 is 28.8 Å². The average molecular weight is 256 g/mol. The van der Waals surface area contributed by atoms with Gasteiger partial charge in [0.25, 0.3) is 5.91 Å². The van der Waals surface area contributed by atoms with Crippen LogP contribution < -0.4 is 11.1 Å². The zero-order valence-electron chi connectivity index (χ0n) is 8.28. The third-order valence-electron chi connectivity index (χ3n) is 1.91. The van der Waals surface area contributed by atoms with Gasteiger partial charge in [-0.2, -0.15) is 0 Å². The van der Waals surface area contributed by atoms with Crippen LogP contribution in [0.4, 0.5) is 19.5 Å². The second-order valence-corrected chi connectivity index (χ2v) is 3.88. The van der Waals surface area contributed by atoms with Crippen LogP contribution in [0.25, 0.3) is 0 Å². The molecule has 0 fully saturated rings. The van der Waals surface area contributed by atoms with Gasteiger partial charge < -0.3 is 11.1 Å². The van der Waals surface area contributed by atoms with Gasteiger partial charge in [0, 0.05) is 11.5 Å². The summed E-state index contributed by atoms with van der Waals surface area (Å²) in [6, 6.07) is 1.58. The van der Waals surface area contributed by atoms with E-state index in [4.69, 9.17) is 5.73 Å². The van der Waals surface area contributed by atoms with Gasteiger partial charge >= 0.3 is 0 Å². The van der Waals surface area contributed by atoms with Crippen LogP contribution >= 0.6 is 11.5 Å². The number of anilines is 2. The molecule has 17 heavy (non-hydrogen) atoms. The summed E-state index contributed by atoms with van der Waals surface area (Å²) in [4.78, 5) is 11.6. The Morgan fingerprint density at radius 2 is 2.18 bits per heavy atom. The fourth-order valence-electron chi connectivity index (χ4n) is 1.18. The van der Waals surface area contributed by atoms with Crippen LogP contribution in [0, 0.1) is 11.6 Å². The first-order valence-electron chi connectivity index (χ1n) is 4.41. The van der Waals surface area contributed by atoms with E-state index >= 15 is 0 Å². The number of rotatable bonds is 2. The van der Waals surface area contributed by atoms with E-state index in [2.05, 4.69) is 14.9 Å². The first kappa shape index (κ1) is 11.4. The highest BCUT2D eigenvalue weighted by Crippen LogP contribution is 2.19. The van der Waals surface area contributed by atoms with Crippen molar-refractivity contribution in [1.29, 1.82) is 0 Å². The van der Waals surface area contributed by atoms with Gasteiger partial charge in [-0.15, -0.1) is 5.10 Å². The highest BCUT2D eigenvalue weighted by molar-refractivity contribution is 7.10. The number of nitrogens with one attached hydrogen (secondary N) is 1. The number of hydrogen-bond acceptors (Lipinski definition) is 5. The van der Waals surface area contributed by atoms with Gasteiger partial charge in [0.05, 0.1) is 17.4 Å². The lowest BCUT2D eigenvalue weighted by Crippen LogP contribution is -2.14. The molecule has 2 aromatic rings. The zero-order chi connectivity index (χ0) is 12.4. The van der Waals surface area contributed by atoms with Crippen molar-refractivity contribution in [1.82, 2.24) is 9.59 Å². The topological polar surface area (TPSA) is 80.9 Å². The Balaban J connectivity index is 2.31. The van der Waals surface area contributed by atoms with E-state index in [9.17, 15) is 13.6 Å². The lowest BCUT2D eigenvalue weighted by Gasteiger charge is -2.05.